The molecule has 5 nitrogen and oxygen atoms in total. The van der Waals surface area contributed by atoms with Crippen LogP contribution in [-0.2, 0) is 3.63 Å². The van der Waals surface area contributed by atoms with Crippen LogP contribution in [0.2, 0.25) is 0 Å². The second-order valence-electron chi connectivity index (χ2n) is 6.82. The summed E-state index contributed by atoms with van der Waals surface area (Å²) >= 11 is 0. The van der Waals surface area contributed by atoms with Gasteiger partial charge in [0.25, 0.3) is 0 Å². The van der Waals surface area contributed by atoms with E-state index in [1.165, 1.54) is 0 Å². The van der Waals surface area contributed by atoms with E-state index in [9.17, 15) is 0 Å². The van der Waals surface area contributed by atoms with E-state index in [-0.39, 0.29) is 0 Å². The topological polar surface area (TPSA) is 85.3 Å². The maximum atomic E-state index is 6.44. The van der Waals surface area contributed by atoms with Crippen molar-refractivity contribution in [3.05, 3.63) is 0 Å². The van der Waals surface area contributed by atoms with Crippen LogP contribution < -0.4 is 22.1 Å². The van der Waals surface area contributed by atoms with Crippen LogP contribution in [0, 0.1) is 11.8 Å². The highest BCUT2D eigenvalue weighted by atomic mass is 32.3. The minimum Gasteiger partial charge on any atom is -0.330 e. The molecule has 0 aromatic carbocycles. The smallest absolute Gasteiger partial charge is 0.0480 e. The molecule has 0 rings (SSSR count). The van der Waals surface area contributed by atoms with E-state index < -0.39 is 20.6 Å². The average molecular weight is 343 g/mol. The Bertz CT molecular complexity index is 252. The fourth-order valence-corrected chi connectivity index (χ4v) is 7.41. The molecule has 0 spiro atoms. The second-order valence-corrected chi connectivity index (χ2v) is 13.7. The summed E-state index contributed by atoms with van der Waals surface area (Å²) in [5, 5.41) is 6.98. The largest absolute Gasteiger partial charge is 0.330 e. The predicted molar refractivity (Wildman–Crippen MR) is 102 cm³/mol. The molecule has 21 heavy (non-hydrogen) atoms. The van der Waals surface area contributed by atoms with Gasteiger partial charge in [0.05, 0.1) is 0 Å². The quantitative estimate of drug-likeness (QED) is 0.429. The highest BCUT2D eigenvalue weighted by Gasteiger charge is 2.22. The predicted octanol–water partition coefficient (Wildman–Crippen LogP) is 1.25. The molecule has 7 heteroatoms. The fourth-order valence-electron chi connectivity index (χ4n) is 1.82. The van der Waals surface area contributed by atoms with Gasteiger partial charge in [0.1, 0.15) is 0 Å². The molecule has 2 unspecified atom stereocenters. The van der Waals surface area contributed by atoms with Crippen molar-refractivity contribution in [1.29, 1.82) is 0 Å². The minimum atomic E-state index is -1.08. The van der Waals surface area contributed by atoms with E-state index in [2.05, 4.69) is 49.5 Å². The molecular formula is C14H38N4OS2. The van der Waals surface area contributed by atoms with Crippen molar-refractivity contribution in [2.75, 3.05) is 63.0 Å². The first-order valence-electron chi connectivity index (χ1n) is 7.56. The highest BCUT2D eigenvalue weighted by Crippen LogP contribution is 2.56. The lowest BCUT2D eigenvalue weighted by Crippen LogP contribution is -2.32. The molecule has 0 aliphatic carbocycles. The van der Waals surface area contributed by atoms with Crippen LogP contribution in [0.3, 0.4) is 0 Å². The molecule has 0 heterocycles. The molecule has 0 aromatic rings. The third-order valence-corrected chi connectivity index (χ3v) is 7.80. The molecule has 2 atom stereocenters. The van der Waals surface area contributed by atoms with Crippen LogP contribution in [0.5, 0.6) is 0 Å². The first-order chi connectivity index (χ1) is 9.62. The monoisotopic (exact) mass is 342 g/mol. The summed E-state index contributed by atoms with van der Waals surface area (Å²) < 4.78 is 6.44. The molecule has 0 saturated carbocycles. The second kappa shape index (κ2) is 10.3. The summed E-state index contributed by atoms with van der Waals surface area (Å²) in [7, 11) is -2.16. The van der Waals surface area contributed by atoms with Crippen LogP contribution >= 0.6 is 20.6 Å². The van der Waals surface area contributed by atoms with Crippen molar-refractivity contribution in [3.8, 4) is 0 Å². The Hall–Kier alpha value is 0.500. The Labute approximate surface area is 135 Å². The van der Waals surface area contributed by atoms with Gasteiger partial charge >= 0.3 is 0 Å². The fraction of sp³-hybridized carbons (Fsp3) is 1.00. The number of rotatable bonds is 12. The summed E-state index contributed by atoms with van der Waals surface area (Å²) in [6, 6.07) is 0. The molecule has 0 fully saturated rings. The maximum Gasteiger partial charge on any atom is 0.0480 e. The summed E-state index contributed by atoms with van der Waals surface area (Å²) in [6.07, 6.45) is 8.91. The van der Waals surface area contributed by atoms with Gasteiger partial charge in [0, 0.05) is 11.8 Å². The molecule has 0 bridgehead atoms. The first-order valence-corrected chi connectivity index (χ1v) is 12.6. The molecular weight excluding hydrogens is 304 g/mol. The Kier molecular flexibility index (Phi) is 10.6. The summed E-state index contributed by atoms with van der Waals surface area (Å²) in [5.41, 5.74) is 11.3. The summed E-state index contributed by atoms with van der Waals surface area (Å²) in [6.45, 7) is 7.69. The van der Waals surface area contributed by atoms with E-state index in [1.807, 2.05) is 0 Å². The standard InChI is InChI=1S/C14H38N4OS2/c1-13(7-15)9-17-11-20(3,4)19-21(5,6)12-18-10-14(2)8-16/h13-14,17-18H,7-12,15-16H2,1-6H3. The van der Waals surface area contributed by atoms with Crippen LogP contribution in [0.4, 0.5) is 0 Å². The Morgan fingerprint density at radius 2 is 1.14 bits per heavy atom. The van der Waals surface area contributed by atoms with Gasteiger partial charge in [-0.05, 0) is 63.0 Å². The Morgan fingerprint density at radius 1 is 0.810 bits per heavy atom. The number of hydrogen-bond donors (Lipinski definition) is 4. The minimum absolute atomic E-state index is 0.514. The Morgan fingerprint density at radius 3 is 1.43 bits per heavy atom. The van der Waals surface area contributed by atoms with E-state index in [0.29, 0.717) is 11.8 Å². The molecule has 0 aromatic heterocycles. The van der Waals surface area contributed by atoms with Crippen LogP contribution in [-0.4, -0.2) is 63.0 Å². The number of nitrogens with two attached hydrogens (primary N) is 2. The third-order valence-electron chi connectivity index (χ3n) is 3.06. The maximum absolute atomic E-state index is 6.44. The Balaban J connectivity index is 4.09. The van der Waals surface area contributed by atoms with Crippen LogP contribution in [0.15, 0.2) is 0 Å². The zero-order valence-electron chi connectivity index (χ0n) is 14.8. The lowest BCUT2D eigenvalue weighted by atomic mass is 10.2. The van der Waals surface area contributed by atoms with E-state index in [0.717, 1.165) is 37.9 Å². The van der Waals surface area contributed by atoms with E-state index in [4.69, 9.17) is 15.1 Å². The zero-order valence-corrected chi connectivity index (χ0v) is 16.4. The number of hydrogen-bond acceptors (Lipinski definition) is 5. The van der Waals surface area contributed by atoms with E-state index >= 15 is 0 Å². The molecule has 0 amide bonds. The van der Waals surface area contributed by atoms with Gasteiger partial charge in [-0.2, -0.15) is 0 Å². The van der Waals surface area contributed by atoms with Crippen molar-refractivity contribution in [3.63, 3.8) is 0 Å². The van der Waals surface area contributed by atoms with Gasteiger partial charge in [0.2, 0.25) is 0 Å². The van der Waals surface area contributed by atoms with Crippen molar-refractivity contribution in [2.24, 2.45) is 23.3 Å². The van der Waals surface area contributed by atoms with Crippen molar-refractivity contribution < 1.29 is 3.63 Å². The van der Waals surface area contributed by atoms with Gasteiger partial charge in [-0.25, -0.2) is 0 Å². The number of nitrogens with one attached hydrogen (secondary N) is 2. The molecule has 0 radical (unpaired) electrons. The first kappa shape index (κ1) is 21.5. The lowest BCUT2D eigenvalue weighted by Gasteiger charge is -2.43. The molecule has 0 aliphatic heterocycles. The van der Waals surface area contributed by atoms with Crippen molar-refractivity contribution in [2.45, 2.75) is 13.8 Å². The van der Waals surface area contributed by atoms with E-state index in [1.54, 1.807) is 0 Å². The summed E-state index contributed by atoms with van der Waals surface area (Å²) in [5.74, 6) is 2.87. The summed E-state index contributed by atoms with van der Waals surface area (Å²) in [4.78, 5) is 0. The van der Waals surface area contributed by atoms with Gasteiger partial charge in [-0.3, -0.25) is 3.63 Å². The molecule has 132 valence electrons. The lowest BCUT2D eigenvalue weighted by molar-refractivity contribution is 0.539. The SMILES string of the molecule is CC(CN)CNCS(C)(C)OS(C)(C)CNCC(C)CN. The molecule has 6 N–H and O–H groups in total. The van der Waals surface area contributed by atoms with Gasteiger partial charge in [-0.1, -0.05) is 13.8 Å². The molecule has 0 aliphatic rings. The molecule has 0 saturated heterocycles. The van der Waals surface area contributed by atoms with Crippen molar-refractivity contribution >= 4 is 20.6 Å². The van der Waals surface area contributed by atoms with Crippen LogP contribution in [0.25, 0.3) is 0 Å². The third kappa shape index (κ3) is 11.7. The van der Waals surface area contributed by atoms with Crippen LogP contribution in [0.1, 0.15) is 13.8 Å². The average Bonchev–Trinajstić information content (AvgIpc) is 2.36. The van der Waals surface area contributed by atoms with Gasteiger partial charge in [0.15, 0.2) is 0 Å². The normalized spacial score (nSPS) is 17.5. The highest BCUT2D eigenvalue weighted by molar-refractivity contribution is 8.40. The van der Waals surface area contributed by atoms with Gasteiger partial charge < -0.3 is 22.1 Å². The van der Waals surface area contributed by atoms with Gasteiger partial charge in [-0.15, -0.1) is 20.6 Å². The zero-order chi connectivity index (χ0) is 16.5. The van der Waals surface area contributed by atoms with Crippen molar-refractivity contribution in [1.82, 2.24) is 10.6 Å².